The van der Waals surface area contributed by atoms with Crippen LogP contribution in [0, 0.1) is 0 Å². The molecule has 0 fully saturated rings. The number of carboxylic acid groups (broad SMARTS) is 1. The van der Waals surface area contributed by atoms with E-state index in [1.54, 1.807) is 0 Å². The second-order valence-electron chi connectivity index (χ2n) is 11.2. The molecule has 0 heterocycles. The third-order valence-corrected chi connectivity index (χ3v) is 7.16. The molecule has 0 aromatic heterocycles. The van der Waals surface area contributed by atoms with Gasteiger partial charge in [0.25, 0.3) is 0 Å². The average molecular weight is 550 g/mol. The van der Waals surface area contributed by atoms with Crippen LogP contribution in [-0.4, -0.2) is 55.1 Å². The Balaban J connectivity index is 4.06. The Morgan fingerprint density at radius 2 is 0.974 bits per heavy atom. The largest absolute Gasteiger partial charge is 0.481 e. The molecule has 5 heteroatoms. The number of ether oxygens (including phenoxy) is 1. The van der Waals surface area contributed by atoms with E-state index >= 15 is 0 Å². The molecule has 0 rings (SSSR count). The van der Waals surface area contributed by atoms with Crippen molar-refractivity contribution in [1.29, 1.82) is 0 Å². The van der Waals surface area contributed by atoms with E-state index < -0.39 is 56.4 Å². The van der Waals surface area contributed by atoms with E-state index in [0.29, 0.717) is 6.42 Å². The molecule has 5 nitrogen and oxygen atoms in total. The van der Waals surface area contributed by atoms with Crippen LogP contribution in [-0.2, 0) is 14.3 Å². The van der Waals surface area contributed by atoms with Crippen LogP contribution in [0.25, 0.3) is 0 Å². The van der Waals surface area contributed by atoms with Crippen molar-refractivity contribution in [3.63, 3.8) is 0 Å². The number of hydrogen-bond acceptors (Lipinski definition) is 3. The lowest BCUT2D eigenvalue weighted by Crippen LogP contribution is -2.43. The van der Waals surface area contributed by atoms with Gasteiger partial charge >= 0.3 is 11.9 Å². The molecule has 1 atom stereocenters. The summed E-state index contributed by atoms with van der Waals surface area (Å²) in [4.78, 5) is 23.8. The van der Waals surface area contributed by atoms with Gasteiger partial charge in [0.2, 0.25) is 0 Å². The molecule has 0 unspecified atom stereocenters. The van der Waals surface area contributed by atoms with Gasteiger partial charge in [-0.05, 0) is 6.42 Å². The average Bonchev–Trinajstić information content (AvgIpc) is 2.93. The monoisotopic (exact) mass is 550 g/mol. The van der Waals surface area contributed by atoms with Crippen molar-refractivity contribution in [2.75, 3.05) is 27.5 Å². The summed E-state index contributed by atoms with van der Waals surface area (Å²) in [5.41, 5.74) is 0. The van der Waals surface area contributed by atoms with Gasteiger partial charge in [-0.2, -0.15) is 0 Å². The van der Waals surface area contributed by atoms with Gasteiger partial charge in [0.15, 0.2) is 6.10 Å². The minimum Gasteiger partial charge on any atom is -0.481 e. The summed E-state index contributed by atoms with van der Waals surface area (Å²) >= 11 is 0. The maximum absolute atomic E-state index is 12.4. The van der Waals surface area contributed by atoms with E-state index in [-0.39, 0.29) is 6.42 Å². The first-order chi connectivity index (χ1) is 22.0. The summed E-state index contributed by atoms with van der Waals surface area (Å²) in [6.45, 7) is -9.59. The van der Waals surface area contributed by atoms with Crippen LogP contribution >= 0.6 is 0 Å². The highest BCUT2D eigenvalue weighted by Crippen LogP contribution is 2.16. The predicted molar refractivity (Wildman–Crippen MR) is 162 cm³/mol. The number of carbonyl (C=O) groups is 2. The molecule has 38 heavy (non-hydrogen) atoms. The van der Waals surface area contributed by atoms with Gasteiger partial charge in [-0.1, -0.05) is 148 Å². The fourth-order valence-electron chi connectivity index (χ4n) is 4.94. The number of nitrogens with zero attached hydrogens (tertiary/aromatic N) is 1. The number of unbranched alkanes of at least 4 members (excludes halogenated alkanes) is 22. The highest BCUT2D eigenvalue weighted by molar-refractivity contribution is 5.71. The molecular formula is C33H66NO4+. The third kappa shape index (κ3) is 29.5. The van der Waals surface area contributed by atoms with Crippen LogP contribution in [0.5, 0.6) is 0 Å². The number of aliphatic carboxylic acids is 1. The van der Waals surface area contributed by atoms with Gasteiger partial charge in [-0.3, -0.25) is 9.59 Å². The fraction of sp³-hybridized carbons (Fsp3) is 0.939. The summed E-state index contributed by atoms with van der Waals surface area (Å²) in [7, 11) is 0. The third-order valence-electron chi connectivity index (χ3n) is 7.16. The summed E-state index contributed by atoms with van der Waals surface area (Å²) in [6, 6.07) is 0. The molecule has 0 aliphatic heterocycles. The van der Waals surface area contributed by atoms with Crippen molar-refractivity contribution in [1.82, 2.24) is 0 Å². The van der Waals surface area contributed by atoms with Crippen LogP contribution in [0.15, 0.2) is 0 Å². The van der Waals surface area contributed by atoms with Crippen LogP contribution < -0.4 is 0 Å². The Labute approximate surface area is 249 Å². The summed E-state index contributed by atoms with van der Waals surface area (Å²) in [6.07, 6.45) is 26.0. The second-order valence-corrected chi connectivity index (χ2v) is 11.2. The molecule has 0 aromatic carbocycles. The van der Waals surface area contributed by atoms with Crippen molar-refractivity contribution >= 4 is 11.9 Å². The summed E-state index contributed by atoms with van der Waals surface area (Å²) in [5, 5.41) is 9.25. The zero-order chi connectivity index (χ0) is 35.8. The van der Waals surface area contributed by atoms with Gasteiger partial charge < -0.3 is 14.3 Å². The molecule has 0 spiro atoms. The minimum absolute atomic E-state index is 0.0510. The molecule has 0 saturated heterocycles. The SMILES string of the molecule is [2H]C([2H])([2H])[N+](C[C@@H](CC(=O)O)OC(=O)CCCCCCCCCCCCCCCCCCCCCCCCC)(C([2H])([2H])[2H])C([2H])([2H])[2H]. The first-order valence-electron chi connectivity index (χ1n) is 20.3. The maximum atomic E-state index is 12.4. The topological polar surface area (TPSA) is 63.6 Å². The first-order valence-corrected chi connectivity index (χ1v) is 15.8. The van der Waals surface area contributed by atoms with Gasteiger partial charge in [0.1, 0.15) is 6.54 Å². The molecule has 0 aliphatic rings. The number of hydrogen-bond donors (Lipinski definition) is 1. The quantitative estimate of drug-likeness (QED) is 0.0573. The molecular weight excluding hydrogens is 474 g/mol. The second kappa shape index (κ2) is 26.1. The summed E-state index contributed by atoms with van der Waals surface area (Å²) < 4.78 is 72.2. The fourth-order valence-corrected chi connectivity index (χ4v) is 4.94. The van der Waals surface area contributed by atoms with Crippen molar-refractivity contribution in [3.8, 4) is 0 Å². The first kappa shape index (κ1) is 23.6. The summed E-state index contributed by atoms with van der Waals surface area (Å²) in [5.74, 6) is -2.28. The number of carbonyl (C=O) groups excluding carboxylic acids is 1. The number of likely N-dealkylation sites (N-methyl/N-ethyl adjacent to an activating group) is 1. The zero-order valence-corrected chi connectivity index (χ0v) is 24.6. The molecule has 0 amide bonds. The lowest BCUT2D eigenvalue weighted by molar-refractivity contribution is -0.873. The van der Waals surface area contributed by atoms with Crippen molar-refractivity contribution in [2.24, 2.45) is 0 Å². The normalized spacial score (nSPS) is 17.0. The standard InChI is InChI=1S/C33H65NO4/c1-5-6-7-8-9-10-11-12-13-14-15-16-17-18-19-20-21-22-23-24-25-26-27-28-33(37)38-31(29-32(35)36)30-34(2,3)4/h31H,5-30H2,1-4H3/p+1/t31-/m1/s1/i2D3,3D3,4D3. The van der Waals surface area contributed by atoms with E-state index in [1.165, 1.54) is 116 Å². The highest BCUT2D eigenvalue weighted by Gasteiger charge is 2.24. The number of carboxylic acids is 1. The van der Waals surface area contributed by atoms with Gasteiger partial charge in [-0.15, -0.1) is 0 Å². The van der Waals surface area contributed by atoms with Crippen molar-refractivity contribution in [2.45, 2.75) is 174 Å². The molecule has 0 radical (unpaired) electrons. The molecule has 0 bridgehead atoms. The lowest BCUT2D eigenvalue weighted by atomic mass is 10.0. The molecule has 0 aliphatic carbocycles. The van der Waals surface area contributed by atoms with E-state index in [4.69, 9.17) is 17.1 Å². The molecule has 1 N–H and O–H groups in total. The van der Waals surface area contributed by atoms with Crippen LogP contribution in [0.4, 0.5) is 0 Å². The number of rotatable bonds is 29. The Bertz CT molecular complexity index is 781. The lowest BCUT2D eigenvalue weighted by Gasteiger charge is -2.28. The van der Waals surface area contributed by atoms with Crippen molar-refractivity contribution in [3.05, 3.63) is 0 Å². The Hall–Kier alpha value is -1.10. The van der Waals surface area contributed by atoms with Crippen LogP contribution in [0.2, 0.25) is 0 Å². The smallest absolute Gasteiger partial charge is 0.307 e. The zero-order valence-electron chi connectivity index (χ0n) is 33.6. The molecule has 0 saturated carbocycles. The van der Waals surface area contributed by atoms with Crippen LogP contribution in [0.3, 0.4) is 0 Å². The van der Waals surface area contributed by atoms with E-state index in [0.717, 1.165) is 25.7 Å². The Morgan fingerprint density at radius 1 is 0.632 bits per heavy atom. The van der Waals surface area contributed by atoms with Gasteiger partial charge in [-0.25, -0.2) is 0 Å². The van der Waals surface area contributed by atoms with E-state index in [2.05, 4.69) is 6.92 Å². The maximum Gasteiger partial charge on any atom is 0.307 e. The predicted octanol–water partition coefficient (Wildman–Crippen LogP) is 9.46. The minimum atomic E-state index is -3.55. The van der Waals surface area contributed by atoms with Gasteiger partial charge in [0, 0.05) is 6.42 Å². The van der Waals surface area contributed by atoms with Gasteiger partial charge in [0.05, 0.1) is 39.7 Å². The number of quaternary nitrogens is 1. The van der Waals surface area contributed by atoms with E-state index in [1.807, 2.05) is 0 Å². The molecule has 0 aromatic rings. The van der Waals surface area contributed by atoms with Crippen molar-refractivity contribution < 1.29 is 36.3 Å². The van der Waals surface area contributed by atoms with Crippen LogP contribution in [0.1, 0.15) is 180 Å². The van der Waals surface area contributed by atoms with E-state index in [9.17, 15) is 14.7 Å². The Kier molecular flexibility index (Phi) is 16.2. The highest BCUT2D eigenvalue weighted by atomic mass is 16.5. The number of esters is 1. The Morgan fingerprint density at radius 3 is 1.29 bits per heavy atom. The molecule has 226 valence electrons.